The van der Waals surface area contributed by atoms with Gasteiger partial charge in [0, 0.05) is 63.6 Å². The van der Waals surface area contributed by atoms with Gasteiger partial charge in [0.15, 0.2) is 0 Å². The molecule has 0 bridgehead atoms. The van der Waals surface area contributed by atoms with E-state index in [2.05, 4.69) is 16.0 Å². The summed E-state index contributed by atoms with van der Waals surface area (Å²) in [6, 6.07) is 28.2. The summed E-state index contributed by atoms with van der Waals surface area (Å²) in [5.74, 6) is 1.81. The third-order valence-corrected chi connectivity index (χ3v) is 12.7. The van der Waals surface area contributed by atoms with Crippen LogP contribution in [0.4, 0.5) is 14.4 Å². The Labute approximate surface area is 405 Å². The first-order valence-corrected chi connectivity index (χ1v) is 24.3. The smallest absolute Gasteiger partial charge is 0.407 e. The number of amides is 3. The molecule has 5 saturated carbocycles. The van der Waals surface area contributed by atoms with Crippen molar-refractivity contribution in [3.05, 3.63) is 108 Å². The third-order valence-electron chi connectivity index (χ3n) is 12.7. The largest absolute Gasteiger partial charge is 0.445 e. The summed E-state index contributed by atoms with van der Waals surface area (Å²) in [5, 5.41) is 36.5. The van der Waals surface area contributed by atoms with Crippen molar-refractivity contribution < 1.29 is 63.1 Å². The van der Waals surface area contributed by atoms with Crippen LogP contribution >= 0.6 is 0 Å². The Morgan fingerprint density at radius 2 is 0.957 bits per heavy atom. The van der Waals surface area contributed by atoms with Crippen LogP contribution in [-0.4, -0.2) is 95.2 Å². The van der Waals surface area contributed by atoms with Crippen LogP contribution in [0.1, 0.15) is 113 Å². The number of aldehydes is 1. The number of carbonyl (C=O) groups excluding carboxylic acids is 7. The van der Waals surface area contributed by atoms with E-state index in [1.807, 2.05) is 91.0 Å². The lowest BCUT2D eigenvalue weighted by atomic mass is 9.64. The highest BCUT2D eigenvalue weighted by Gasteiger charge is 2.38. The van der Waals surface area contributed by atoms with Crippen LogP contribution in [-0.2, 0) is 53.2 Å². The van der Waals surface area contributed by atoms with Crippen molar-refractivity contribution in [2.24, 2.45) is 23.7 Å². The minimum atomic E-state index is -0.661. The van der Waals surface area contributed by atoms with Crippen molar-refractivity contribution in [3.8, 4) is 0 Å². The summed E-state index contributed by atoms with van der Waals surface area (Å²) in [4.78, 5) is 76.1. The first-order chi connectivity index (χ1) is 33.4. The monoisotopic (exact) mass is 957 g/mol. The van der Waals surface area contributed by atoms with E-state index >= 15 is 0 Å². The fraction of sp³-hybridized carbons (Fsp3) is 0.528. The van der Waals surface area contributed by atoms with Crippen molar-refractivity contribution in [2.45, 2.75) is 134 Å². The molecule has 0 unspecified atom stereocenters. The summed E-state index contributed by atoms with van der Waals surface area (Å²) < 4.78 is 15.0. The minimum absolute atomic E-state index is 0.0671. The molecule has 0 aliphatic heterocycles. The van der Waals surface area contributed by atoms with Crippen molar-refractivity contribution in [2.75, 3.05) is 19.6 Å². The number of ketones is 3. The van der Waals surface area contributed by atoms with Crippen molar-refractivity contribution >= 4 is 41.9 Å². The maximum atomic E-state index is 11.4. The van der Waals surface area contributed by atoms with Gasteiger partial charge in [0.25, 0.3) is 0 Å². The molecule has 16 nitrogen and oxygen atoms in total. The SMILES string of the molecule is O=C(NCC[C@@H](O)[C@H]1CCC1=O)OCc1ccccc1.O=C(NCC[C@H](O)[C@H]1CCC1=O)OCc1ccccc1.O=C1CCC1.O=CCCNC(=O)OCc1ccccc1.O[C@@H]1CCC[C@@H]2CC[C@@H]21. The minimum Gasteiger partial charge on any atom is -0.445 e. The van der Waals surface area contributed by atoms with Crippen LogP contribution in [0.15, 0.2) is 91.0 Å². The number of hydrogen-bond acceptors (Lipinski definition) is 13. The lowest BCUT2D eigenvalue weighted by Gasteiger charge is -2.43. The number of Topliss-reactive ketones (excluding diaryl/α,β-unsaturated/α-hetero) is 3. The van der Waals surface area contributed by atoms with E-state index in [1.165, 1.54) is 25.7 Å². The molecule has 376 valence electrons. The number of nitrogens with one attached hydrogen (secondary N) is 3. The molecule has 6 N–H and O–H groups in total. The summed E-state index contributed by atoms with van der Waals surface area (Å²) in [5.41, 5.74) is 2.77. The van der Waals surface area contributed by atoms with Crippen molar-refractivity contribution in [1.29, 1.82) is 0 Å². The van der Waals surface area contributed by atoms with E-state index in [0.717, 1.165) is 67.4 Å². The molecule has 0 saturated heterocycles. The number of carbonyl (C=O) groups is 7. The topological polar surface area (TPSA) is 244 Å². The fourth-order valence-corrected chi connectivity index (χ4v) is 7.86. The van der Waals surface area contributed by atoms with Gasteiger partial charge >= 0.3 is 18.3 Å². The molecule has 5 fully saturated rings. The van der Waals surface area contributed by atoms with E-state index in [-0.39, 0.29) is 49.3 Å². The number of ether oxygens (including phenoxy) is 3. The lowest BCUT2D eigenvalue weighted by Crippen LogP contribution is -2.39. The second-order valence-electron chi connectivity index (χ2n) is 17.7. The molecule has 3 aromatic rings. The molecule has 3 amide bonds. The molecule has 5 aliphatic rings. The Morgan fingerprint density at radius 1 is 0.551 bits per heavy atom. The van der Waals surface area contributed by atoms with Gasteiger partial charge in [-0.05, 0) is 86.3 Å². The first-order valence-electron chi connectivity index (χ1n) is 24.3. The van der Waals surface area contributed by atoms with Gasteiger partial charge in [0.05, 0.1) is 18.3 Å². The highest BCUT2D eigenvalue weighted by Crippen LogP contribution is 2.44. The van der Waals surface area contributed by atoms with Gasteiger partial charge in [-0.25, -0.2) is 14.4 Å². The van der Waals surface area contributed by atoms with Crippen LogP contribution in [0.25, 0.3) is 0 Å². The lowest BCUT2D eigenvalue weighted by molar-refractivity contribution is -0.135. The van der Waals surface area contributed by atoms with Crippen LogP contribution in [0.3, 0.4) is 0 Å². The number of aliphatic hydroxyl groups excluding tert-OH is 3. The second kappa shape index (κ2) is 32.0. The fourth-order valence-electron chi connectivity index (χ4n) is 7.86. The van der Waals surface area contributed by atoms with Crippen LogP contribution in [0.2, 0.25) is 0 Å². The van der Waals surface area contributed by atoms with Gasteiger partial charge in [-0.2, -0.15) is 0 Å². The van der Waals surface area contributed by atoms with Crippen molar-refractivity contribution in [1.82, 2.24) is 16.0 Å². The van der Waals surface area contributed by atoms with Gasteiger partial charge < -0.3 is 50.3 Å². The maximum absolute atomic E-state index is 11.4. The maximum Gasteiger partial charge on any atom is 0.407 e. The van der Waals surface area contributed by atoms with Crippen molar-refractivity contribution in [3.63, 3.8) is 0 Å². The summed E-state index contributed by atoms with van der Waals surface area (Å²) in [7, 11) is 0. The molecule has 0 aromatic heterocycles. The standard InChI is InChI=1S/2C15H19NO4.C11H13NO3.C8H14O.C4H6O/c2*17-13-7-6-12(13)14(18)8-9-16-15(19)20-10-11-4-2-1-3-5-11;13-8-4-7-12-11(14)15-9-10-5-2-1-3-6-10;9-8-3-1-2-6-4-5-7(6)8;5-4-2-1-3-4/h2*1-5,12,14,18H,6-10H2,(H,16,19);1-3,5-6,8H,4,7,9H2,(H,12,14);6-9H,1-5H2;1-3H2/t12-,14+;12-,14-;;6-,7+,8-;/m00.1./s1. The Balaban J connectivity index is 0.000000199. The number of fused-ring (bicyclic) bond motifs is 1. The molecule has 16 heteroatoms. The quantitative estimate of drug-likeness (QED) is 0.0451. The third kappa shape index (κ3) is 21.9. The van der Waals surface area contributed by atoms with Gasteiger partial charge in [0.2, 0.25) is 0 Å². The van der Waals surface area contributed by atoms with E-state index in [1.54, 1.807) is 0 Å². The summed E-state index contributed by atoms with van der Waals surface area (Å²) >= 11 is 0. The second-order valence-corrected chi connectivity index (χ2v) is 17.7. The van der Waals surface area contributed by atoms with Gasteiger partial charge in [0.1, 0.15) is 43.5 Å². The number of alkyl carbamates (subject to hydrolysis) is 3. The average molecular weight is 958 g/mol. The molecule has 3 aromatic carbocycles. The zero-order valence-corrected chi connectivity index (χ0v) is 39.6. The molecule has 5 aliphatic carbocycles. The number of rotatable bonds is 17. The Bertz CT molecular complexity index is 1910. The molecule has 0 radical (unpaired) electrons. The van der Waals surface area contributed by atoms with E-state index < -0.39 is 30.5 Å². The predicted octanol–water partition coefficient (Wildman–Crippen LogP) is 7.08. The molecule has 0 heterocycles. The summed E-state index contributed by atoms with van der Waals surface area (Å²) in [6.07, 6.45) is 10.9. The van der Waals surface area contributed by atoms with E-state index in [0.29, 0.717) is 63.4 Å². The zero-order valence-electron chi connectivity index (χ0n) is 39.6. The zero-order chi connectivity index (χ0) is 49.6. The van der Waals surface area contributed by atoms with Crippen LogP contribution in [0.5, 0.6) is 0 Å². The summed E-state index contributed by atoms with van der Waals surface area (Å²) in [6.45, 7) is 1.61. The molecule has 0 spiro atoms. The first kappa shape index (κ1) is 55.6. The van der Waals surface area contributed by atoms with Gasteiger partial charge in [-0.15, -0.1) is 0 Å². The molecule has 8 rings (SSSR count). The average Bonchev–Trinajstić information content (AvgIpc) is 3.33. The number of aliphatic hydroxyl groups is 3. The number of benzene rings is 3. The normalized spacial score (nSPS) is 21.1. The predicted molar refractivity (Wildman–Crippen MR) is 256 cm³/mol. The molecular weight excluding hydrogens is 887 g/mol. The molecule has 69 heavy (non-hydrogen) atoms. The molecule has 7 atom stereocenters. The highest BCUT2D eigenvalue weighted by molar-refractivity contribution is 5.87. The van der Waals surface area contributed by atoms with Crippen LogP contribution < -0.4 is 16.0 Å². The van der Waals surface area contributed by atoms with E-state index in [4.69, 9.17) is 14.2 Å². The molecular formula is C53H71N3O13. The van der Waals surface area contributed by atoms with E-state index in [9.17, 15) is 48.9 Å². The Kier molecular flexibility index (Phi) is 25.8. The van der Waals surface area contributed by atoms with Gasteiger partial charge in [-0.3, -0.25) is 14.4 Å². The van der Waals surface area contributed by atoms with Crippen LogP contribution in [0, 0.1) is 23.7 Å². The van der Waals surface area contributed by atoms with Gasteiger partial charge in [-0.1, -0.05) is 97.4 Å². The Hall–Kier alpha value is -5.97. The Morgan fingerprint density at radius 3 is 1.23 bits per heavy atom. The highest BCUT2D eigenvalue weighted by atomic mass is 16.6. The number of hydrogen-bond donors (Lipinski definition) is 6.